The van der Waals surface area contributed by atoms with Gasteiger partial charge in [-0.3, -0.25) is 0 Å². The van der Waals surface area contributed by atoms with E-state index in [2.05, 4.69) is 51.6 Å². The molecule has 3 rings (SSSR count). The zero-order chi connectivity index (χ0) is 13.9. The molecule has 3 nitrogen and oxygen atoms in total. The largest absolute Gasteiger partial charge is 0.353 e. The van der Waals surface area contributed by atoms with E-state index >= 15 is 0 Å². The molecular weight excluding hydrogens is 270 g/mol. The average Bonchev–Trinajstić information content (AvgIpc) is 3.10. The van der Waals surface area contributed by atoms with E-state index in [0.717, 1.165) is 11.4 Å². The Balaban J connectivity index is 1.94. The predicted molar refractivity (Wildman–Crippen MR) is 80.9 cm³/mol. The van der Waals surface area contributed by atoms with Crippen molar-refractivity contribution in [3.05, 3.63) is 77.6 Å². The Morgan fingerprint density at radius 3 is 2.55 bits per heavy atom. The summed E-state index contributed by atoms with van der Waals surface area (Å²) in [4.78, 5) is 4.17. The normalized spacial score (nSPS) is 12.5. The molecule has 1 aromatic carbocycles. The minimum Gasteiger partial charge on any atom is -0.353 e. The summed E-state index contributed by atoms with van der Waals surface area (Å²) < 4.78 is 4.30. The Kier molecular flexibility index (Phi) is 3.61. The van der Waals surface area contributed by atoms with Gasteiger partial charge in [-0.1, -0.05) is 23.7 Å². The molecule has 4 heteroatoms. The van der Waals surface area contributed by atoms with Crippen LogP contribution in [0.25, 0.3) is 0 Å². The molecule has 0 amide bonds. The second-order valence-corrected chi connectivity index (χ2v) is 5.34. The smallest absolute Gasteiger partial charge is 0.0952 e. The molecule has 0 spiro atoms. The fourth-order valence-electron chi connectivity index (χ4n) is 2.48. The van der Waals surface area contributed by atoms with Gasteiger partial charge in [0, 0.05) is 36.4 Å². The van der Waals surface area contributed by atoms with Gasteiger partial charge >= 0.3 is 0 Å². The Bertz CT molecular complexity index is 668. The van der Waals surface area contributed by atoms with Crippen LogP contribution < -0.4 is 0 Å². The number of benzene rings is 1. The first kappa shape index (κ1) is 13.0. The van der Waals surface area contributed by atoms with Crippen LogP contribution in [-0.4, -0.2) is 14.1 Å². The van der Waals surface area contributed by atoms with Gasteiger partial charge in [-0.2, -0.15) is 0 Å². The maximum absolute atomic E-state index is 5.95. The first-order valence-electron chi connectivity index (χ1n) is 6.57. The Hall–Kier alpha value is -2.00. The maximum Gasteiger partial charge on any atom is 0.0952 e. The number of imidazole rings is 1. The molecule has 2 heterocycles. The van der Waals surface area contributed by atoms with Gasteiger partial charge in [0.05, 0.1) is 12.4 Å². The fourth-order valence-corrected chi connectivity index (χ4v) is 2.61. The van der Waals surface area contributed by atoms with Crippen LogP contribution in [0.1, 0.15) is 17.3 Å². The van der Waals surface area contributed by atoms with Crippen LogP contribution in [0.3, 0.4) is 0 Å². The number of rotatable bonds is 4. The highest BCUT2D eigenvalue weighted by atomic mass is 35.5. The van der Waals surface area contributed by atoms with Crippen molar-refractivity contribution in [2.24, 2.45) is 7.05 Å². The lowest BCUT2D eigenvalue weighted by Crippen LogP contribution is -2.15. The lowest BCUT2D eigenvalue weighted by atomic mass is 10.0. The Morgan fingerprint density at radius 2 is 1.95 bits per heavy atom. The summed E-state index contributed by atoms with van der Waals surface area (Å²) >= 11 is 5.95. The highest BCUT2D eigenvalue weighted by Gasteiger charge is 2.16. The summed E-state index contributed by atoms with van der Waals surface area (Å²) in [6.45, 7) is 0. The van der Waals surface area contributed by atoms with Crippen LogP contribution in [0.5, 0.6) is 0 Å². The van der Waals surface area contributed by atoms with Gasteiger partial charge in [-0.25, -0.2) is 4.98 Å². The third kappa shape index (κ3) is 2.63. The first-order valence-corrected chi connectivity index (χ1v) is 6.95. The molecule has 0 aliphatic rings. The molecule has 0 saturated carbocycles. The number of halogens is 1. The molecule has 1 unspecified atom stereocenters. The number of hydrogen-bond donors (Lipinski definition) is 0. The monoisotopic (exact) mass is 285 g/mol. The Labute approximate surface area is 123 Å². The molecule has 0 saturated heterocycles. The van der Waals surface area contributed by atoms with Crippen molar-refractivity contribution in [3.8, 4) is 0 Å². The van der Waals surface area contributed by atoms with Crippen LogP contribution in [0, 0.1) is 0 Å². The average molecular weight is 286 g/mol. The van der Waals surface area contributed by atoms with Gasteiger partial charge < -0.3 is 9.13 Å². The van der Waals surface area contributed by atoms with Gasteiger partial charge in [0.15, 0.2) is 0 Å². The van der Waals surface area contributed by atoms with Crippen molar-refractivity contribution < 1.29 is 0 Å². The highest BCUT2D eigenvalue weighted by Crippen LogP contribution is 2.23. The molecule has 0 aliphatic heterocycles. The molecular formula is C16H16ClN3. The van der Waals surface area contributed by atoms with Gasteiger partial charge in [-0.05, 0) is 36.2 Å². The molecule has 0 radical (unpaired) electrons. The predicted octanol–water partition coefficient (Wildman–Crippen LogP) is 3.71. The standard InChI is InChI=1S/C16H16ClN3/c1-19-9-2-3-15(19)16(20-10-8-18-12-20)11-13-4-6-14(17)7-5-13/h2-10,12,16H,11H2,1H3. The molecule has 3 aromatic rings. The van der Waals surface area contributed by atoms with E-state index in [1.54, 1.807) is 0 Å². The molecule has 1 atom stereocenters. The van der Waals surface area contributed by atoms with E-state index in [4.69, 9.17) is 11.6 Å². The molecule has 20 heavy (non-hydrogen) atoms. The number of hydrogen-bond acceptors (Lipinski definition) is 1. The lowest BCUT2D eigenvalue weighted by Gasteiger charge is -2.20. The first-order chi connectivity index (χ1) is 9.74. The number of nitrogens with zero attached hydrogens (tertiary/aromatic N) is 3. The molecule has 0 fully saturated rings. The van der Waals surface area contributed by atoms with Gasteiger partial charge in [0.25, 0.3) is 0 Å². The summed E-state index contributed by atoms with van der Waals surface area (Å²) in [6, 6.07) is 12.5. The van der Waals surface area contributed by atoms with Crippen LogP contribution in [-0.2, 0) is 13.5 Å². The van der Waals surface area contributed by atoms with E-state index in [1.807, 2.05) is 30.9 Å². The number of aromatic nitrogens is 3. The Morgan fingerprint density at radius 1 is 1.15 bits per heavy atom. The van der Waals surface area contributed by atoms with E-state index in [9.17, 15) is 0 Å². The minimum atomic E-state index is 0.235. The quantitative estimate of drug-likeness (QED) is 0.716. The summed E-state index contributed by atoms with van der Waals surface area (Å²) in [7, 11) is 2.07. The third-order valence-electron chi connectivity index (χ3n) is 3.55. The van der Waals surface area contributed by atoms with Crippen molar-refractivity contribution in [2.75, 3.05) is 0 Å². The number of aryl methyl sites for hydroxylation is 1. The molecule has 2 aromatic heterocycles. The summed E-state index contributed by atoms with van der Waals surface area (Å²) in [5, 5.41) is 0.770. The highest BCUT2D eigenvalue weighted by molar-refractivity contribution is 6.30. The summed E-state index contributed by atoms with van der Waals surface area (Å²) in [5.74, 6) is 0. The van der Waals surface area contributed by atoms with Crippen LogP contribution in [0.2, 0.25) is 5.02 Å². The van der Waals surface area contributed by atoms with Crippen molar-refractivity contribution >= 4 is 11.6 Å². The van der Waals surface area contributed by atoms with Gasteiger partial charge in [-0.15, -0.1) is 0 Å². The van der Waals surface area contributed by atoms with Crippen molar-refractivity contribution in [2.45, 2.75) is 12.5 Å². The van der Waals surface area contributed by atoms with E-state index < -0.39 is 0 Å². The summed E-state index contributed by atoms with van der Waals surface area (Å²) in [5.41, 5.74) is 2.52. The molecule has 0 N–H and O–H groups in total. The van der Waals surface area contributed by atoms with Gasteiger partial charge in [0.2, 0.25) is 0 Å². The van der Waals surface area contributed by atoms with Gasteiger partial charge in [0.1, 0.15) is 0 Å². The summed E-state index contributed by atoms with van der Waals surface area (Å²) in [6.07, 6.45) is 8.67. The topological polar surface area (TPSA) is 22.8 Å². The fraction of sp³-hybridized carbons (Fsp3) is 0.188. The van der Waals surface area contributed by atoms with Crippen LogP contribution in [0.15, 0.2) is 61.3 Å². The second kappa shape index (κ2) is 5.55. The van der Waals surface area contributed by atoms with E-state index in [0.29, 0.717) is 0 Å². The van der Waals surface area contributed by atoms with Crippen LogP contribution in [0.4, 0.5) is 0 Å². The van der Waals surface area contributed by atoms with E-state index in [-0.39, 0.29) is 6.04 Å². The van der Waals surface area contributed by atoms with Crippen molar-refractivity contribution in [1.82, 2.24) is 14.1 Å². The molecule has 102 valence electrons. The lowest BCUT2D eigenvalue weighted by molar-refractivity contribution is 0.545. The SMILES string of the molecule is Cn1cccc1C(Cc1ccc(Cl)cc1)n1ccnc1. The zero-order valence-corrected chi connectivity index (χ0v) is 12.0. The van der Waals surface area contributed by atoms with Crippen LogP contribution >= 0.6 is 11.6 Å². The molecule has 0 bridgehead atoms. The molecule has 0 aliphatic carbocycles. The van der Waals surface area contributed by atoms with Crippen molar-refractivity contribution in [3.63, 3.8) is 0 Å². The second-order valence-electron chi connectivity index (χ2n) is 4.90. The zero-order valence-electron chi connectivity index (χ0n) is 11.3. The third-order valence-corrected chi connectivity index (χ3v) is 3.80. The van der Waals surface area contributed by atoms with E-state index in [1.165, 1.54) is 11.3 Å². The maximum atomic E-state index is 5.95. The van der Waals surface area contributed by atoms with Crippen molar-refractivity contribution in [1.29, 1.82) is 0 Å². The minimum absolute atomic E-state index is 0.235.